The van der Waals surface area contributed by atoms with Crippen molar-refractivity contribution in [2.45, 2.75) is 12.2 Å². The maximum atomic E-state index is 9.77. The molecule has 0 rings (SSSR count). The standard InChI is InChI=1S/C4H6O6.C2H6OS.H2O/c5-1(3(7)8)2(6)4(9)10;1-4(2)3;/h1-2,5-6H,(H,7,8)(H,9,10);1-2H3;1H2. The summed E-state index contributed by atoms with van der Waals surface area (Å²) in [5.41, 5.74) is 0. The molecule has 0 amide bonds. The minimum absolute atomic E-state index is 0. The van der Waals surface area contributed by atoms with Crippen molar-refractivity contribution >= 4 is 22.7 Å². The first-order valence-electron chi connectivity index (χ1n) is 3.27. The Balaban J connectivity index is -0.000000249. The van der Waals surface area contributed by atoms with Crippen molar-refractivity contribution in [3.05, 3.63) is 0 Å². The Labute approximate surface area is 87.9 Å². The van der Waals surface area contributed by atoms with Gasteiger partial charge in [-0.2, -0.15) is 0 Å². The summed E-state index contributed by atoms with van der Waals surface area (Å²) >= 11 is 0. The number of carbonyl (C=O) groups is 2. The van der Waals surface area contributed by atoms with Gasteiger partial charge in [-0.05, 0) is 0 Å². The van der Waals surface area contributed by atoms with Gasteiger partial charge >= 0.3 is 11.9 Å². The number of rotatable bonds is 3. The molecular weight excluding hydrogens is 232 g/mol. The van der Waals surface area contributed by atoms with Gasteiger partial charge in [-0.25, -0.2) is 9.59 Å². The minimum atomic E-state index is -2.27. The highest BCUT2D eigenvalue weighted by atomic mass is 32.2. The van der Waals surface area contributed by atoms with Crippen LogP contribution in [-0.4, -0.2) is 66.8 Å². The van der Waals surface area contributed by atoms with Crippen LogP contribution in [0.5, 0.6) is 0 Å². The summed E-state index contributed by atoms with van der Waals surface area (Å²) in [4.78, 5) is 19.5. The third-order valence-corrected chi connectivity index (χ3v) is 0.805. The van der Waals surface area contributed by atoms with E-state index in [2.05, 4.69) is 0 Å². The molecule has 0 fully saturated rings. The molecule has 0 saturated heterocycles. The van der Waals surface area contributed by atoms with Gasteiger partial charge in [0.15, 0.2) is 12.2 Å². The molecule has 0 aromatic rings. The lowest BCUT2D eigenvalue weighted by molar-refractivity contribution is -0.165. The van der Waals surface area contributed by atoms with Gasteiger partial charge in [-0.15, -0.1) is 0 Å². The summed E-state index contributed by atoms with van der Waals surface area (Å²) in [5, 5.41) is 32.5. The average Bonchev–Trinajstić information content (AvgIpc) is 2.00. The van der Waals surface area contributed by atoms with Crippen molar-refractivity contribution in [3.8, 4) is 0 Å². The second kappa shape index (κ2) is 9.52. The van der Waals surface area contributed by atoms with Gasteiger partial charge in [0.2, 0.25) is 0 Å². The normalized spacial score (nSPS) is 12.9. The van der Waals surface area contributed by atoms with Crippen LogP contribution in [0.3, 0.4) is 0 Å². The Morgan fingerprint density at radius 2 is 1.13 bits per heavy atom. The molecule has 0 aromatic heterocycles. The topological polar surface area (TPSA) is 164 Å². The van der Waals surface area contributed by atoms with E-state index in [1.54, 1.807) is 12.5 Å². The molecule has 0 aromatic carbocycles. The first-order chi connectivity index (χ1) is 6.20. The van der Waals surface area contributed by atoms with Gasteiger partial charge in [0, 0.05) is 23.3 Å². The van der Waals surface area contributed by atoms with E-state index in [0.29, 0.717) is 0 Å². The molecule has 0 spiro atoms. The molecule has 9 heteroatoms. The van der Waals surface area contributed by atoms with Crippen molar-refractivity contribution in [1.82, 2.24) is 0 Å². The van der Waals surface area contributed by atoms with Crippen molar-refractivity contribution < 1.29 is 39.7 Å². The first kappa shape index (κ1) is 19.5. The van der Waals surface area contributed by atoms with Crippen LogP contribution in [0.15, 0.2) is 0 Å². The summed E-state index contributed by atoms with van der Waals surface area (Å²) < 4.78 is 9.56. The van der Waals surface area contributed by atoms with Crippen LogP contribution in [-0.2, 0) is 20.4 Å². The van der Waals surface area contributed by atoms with Crippen molar-refractivity contribution in [2.24, 2.45) is 0 Å². The molecule has 0 heterocycles. The van der Waals surface area contributed by atoms with Gasteiger partial charge < -0.3 is 25.9 Å². The Bertz CT molecular complexity index is 205. The van der Waals surface area contributed by atoms with Crippen LogP contribution in [0.4, 0.5) is 0 Å². The molecule has 2 atom stereocenters. The zero-order chi connectivity index (χ0) is 11.9. The van der Waals surface area contributed by atoms with Gasteiger partial charge in [-0.1, -0.05) is 0 Å². The van der Waals surface area contributed by atoms with Crippen molar-refractivity contribution in [2.75, 3.05) is 12.5 Å². The lowest BCUT2D eigenvalue weighted by atomic mass is 10.2. The monoisotopic (exact) mass is 246 g/mol. The lowest BCUT2D eigenvalue weighted by Gasteiger charge is -2.07. The fraction of sp³-hybridized carbons (Fsp3) is 0.667. The van der Waals surface area contributed by atoms with E-state index >= 15 is 0 Å². The maximum absolute atomic E-state index is 9.77. The highest BCUT2D eigenvalue weighted by molar-refractivity contribution is 7.83. The van der Waals surface area contributed by atoms with Crippen LogP contribution in [0.1, 0.15) is 0 Å². The van der Waals surface area contributed by atoms with Gasteiger partial charge in [-0.3, -0.25) is 4.21 Å². The number of aliphatic hydroxyl groups excluding tert-OH is 2. The molecule has 6 N–H and O–H groups in total. The second-order valence-corrected chi connectivity index (χ2v) is 3.79. The highest BCUT2D eigenvalue weighted by Gasteiger charge is 2.29. The predicted octanol–water partition coefficient (Wildman–Crippen LogP) is -2.95. The highest BCUT2D eigenvalue weighted by Crippen LogP contribution is 1.92. The molecule has 15 heavy (non-hydrogen) atoms. The minimum Gasteiger partial charge on any atom is -0.479 e. The molecule has 8 nitrogen and oxygen atoms in total. The van der Waals surface area contributed by atoms with Crippen LogP contribution >= 0.6 is 0 Å². The zero-order valence-corrected chi connectivity index (χ0v) is 8.89. The lowest BCUT2D eigenvalue weighted by Crippen LogP contribution is -2.39. The molecule has 0 bridgehead atoms. The van der Waals surface area contributed by atoms with Gasteiger partial charge in [0.05, 0.1) is 0 Å². The molecule has 92 valence electrons. The van der Waals surface area contributed by atoms with Crippen molar-refractivity contribution in [3.63, 3.8) is 0 Å². The Morgan fingerprint density at radius 1 is 1.00 bits per heavy atom. The predicted molar refractivity (Wildman–Crippen MR) is 50.9 cm³/mol. The Morgan fingerprint density at radius 3 is 1.20 bits per heavy atom. The summed E-state index contributed by atoms with van der Waals surface area (Å²) in [5.74, 6) is -3.54. The SMILES string of the molecule is CS(C)=O.O.O=C(O)C(O)C(O)C(=O)O. The van der Waals surface area contributed by atoms with Crippen LogP contribution in [0.25, 0.3) is 0 Å². The quantitative estimate of drug-likeness (QED) is 0.413. The molecule has 0 saturated carbocycles. The number of hydrogen-bond donors (Lipinski definition) is 4. The smallest absolute Gasteiger partial charge is 0.335 e. The zero-order valence-electron chi connectivity index (χ0n) is 8.08. The van der Waals surface area contributed by atoms with Gasteiger partial charge in [0.1, 0.15) is 0 Å². The molecule has 0 radical (unpaired) electrons. The van der Waals surface area contributed by atoms with Gasteiger partial charge in [0.25, 0.3) is 0 Å². The summed E-state index contributed by atoms with van der Waals surface area (Å²) in [6.07, 6.45) is -1.25. The van der Waals surface area contributed by atoms with Crippen molar-refractivity contribution in [1.29, 1.82) is 0 Å². The van der Waals surface area contributed by atoms with Crippen LogP contribution in [0, 0.1) is 0 Å². The Hall–Kier alpha value is -1.03. The molecular formula is C6H14O8S. The van der Waals surface area contributed by atoms with E-state index in [1.165, 1.54) is 0 Å². The third-order valence-electron chi connectivity index (χ3n) is 0.805. The summed E-state index contributed by atoms with van der Waals surface area (Å²) in [6.45, 7) is 0. The molecule has 0 aliphatic rings. The molecule has 0 aliphatic carbocycles. The van der Waals surface area contributed by atoms with E-state index in [-0.39, 0.29) is 5.48 Å². The number of carboxylic acid groups (broad SMARTS) is 2. The largest absolute Gasteiger partial charge is 0.479 e. The fourth-order valence-electron chi connectivity index (χ4n) is 0.270. The number of carboxylic acids is 2. The number of aliphatic hydroxyl groups is 2. The fourth-order valence-corrected chi connectivity index (χ4v) is 0.270. The molecule has 2 unspecified atom stereocenters. The average molecular weight is 246 g/mol. The van der Waals surface area contributed by atoms with E-state index in [0.717, 1.165) is 0 Å². The number of aliphatic carboxylic acids is 2. The summed E-state index contributed by atoms with van der Waals surface area (Å²) in [6, 6.07) is 0. The first-order valence-corrected chi connectivity index (χ1v) is 5.23. The summed E-state index contributed by atoms with van der Waals surface area (Å²) in [7, 11) is -0.611. The molecule has 0 aliphatic heterocycles. The van der Waals surface area contributed by atoms with E-state index in [9.17, 15) is 13.8 Å². The van der Waals surface area contributed by atoms with E-state index in [4.69, 9.17) is 20.4 Å². The third kappa shape index (κ3) is 13.0. The maximum Gasteiger partial charge on any atom is 0.335 e. The number of hydrogen-bond acceptors (Lipinski definition) is 5. The van der Waals surface area contributed by atoms with E-state index in [1.807, 2.05) is 0 Å². The van der Waals surface area contributed by atoms with Crippen LogP contribution < -0.4 is 0 Å². The van der Waals surface area contributed by atoms with E-state index < -0.39 is 34.9 Å². The Kier molecular flexibility index (Phi) is 12.4. The van der Waals surface area contributed by atoms with Crippen LogP contribution in [0.2, 0.25) is 0 Å². The second-order valence-electron chi connectivity index (χ2n) is 2.31.